The summed E-state index contributed by atoms with van der Waals surface area (Å²) in [6.45, 7) is 0.457. The van der Waals surface area contributed by atoms with Crippen molar-refractivity contribution in [2.24, 2.45) is 0 Å². The maximum absolute atomic E-state index is 5.81. The van der Waals surface area contributed by atoms with E-state index in [1.165, 1.54) is 0 Å². The Bertz CT molecular complexity index is 865. The lowest BCUT2D eigenvalue weighted by Crippen LogP contribution is -2.00. The van der Waals surface area contributed by atoms with E-state index in [-0.39, 0.29) is 0 Å². The minimum atomic E-state index is 0.457. The number of nitrogens with zero attached hydrogens (tertiary/aromatic N) is 4. The van der Waals surface area contributed by atoms with Gasteiger partial charge in [-0.2, -0.15) is 4.98 Å². The van der Waals surface area contributed by atoms with Crippen molar-refractivity contribution in [3.8, 4) is 5.88 Å². The quantitative estimate of drug-likeness (QED) is 0.616. The van der Waals surface area contributed by atoms with Gasteiger partial charge in [0.2, 0.25) is 11.7 Å². The van der Waals surface area contributed by atoms with E-state index in [2.05, 4.69) is 19.9 Å². The van der Waals surface area contributed by atoms with Gasteiger partial charge in [0.05, 0.1) is 6.33 Å². The standard InChI is InChI=1S/C14H11N5O/c1-2-4-10(5-3-1)8-20-13-11-12(17-9-16-11)19-7-6-15-14(19)18-13/h1-7,9H,8H2,(H,16,17). The van der Waals surface area contributed by atoms with Gasteiger partial charge in [0, 0.05) is 12.4 Å². The molecule has 0 spiro atoms. The predicted molar refractivity (Wildman–Crippen MR) is 73.4 cm³/mol. The number of nitrogens with one attached hydrogen (secondary N) is 1. The van der Waals surface area contributed by atoms with Gasteiger partial charge in [0.15, 0.2) is 5.65 Å². The van der Waals surface area contributed by atoms with E-state index in [9.17, 15) is 0 Å². The summed E-state index contributed by atoms with van der Waals surface area (Å²) in [5.41, 5.74) is 2.62. The summed E-state index contributed by atoms with van der Waals surface area (Å²) in [6, 6.07) is 9.97. The van der Waals surface area contributed by atoms with Gasteiger partial charge in [-0.1, -0.05) is 30.3 Å². The average Bonchev–Trinajstić information content (AvgIpc) is 3.13. The molecule has 98 valence electrons. The van der Waals surface area contributed by atoms with Crippen LogP contribution in [0.5, 0.6) is 5.88 Å². The second-order valence-electron chi connectivity index (χ2n) is 4.39. The molecule has 0 amide bonds. The third-order valence-electron chi connectivity index (χ3n) is 3.10. The zero-order chi connectivity index (χ0) is 13.4. The summed E-state index contributed by atoms with van der Waals surface area (Å²) in [7, 11) is 0. The lowest BCUT2D eigenvalue weighted by molar-refractivity contribution is 0.298. The van der Waals surface area contributed by atoms with E-state index in [4.69, 9.17) is 4.74 Å². The van der Waals surface area contributed by atoms with Crippen molar-refractivity contribution >= 4 is 16.9 Å². The fourth-order valence-corrected chi connectivity index (χ4v) is 2.15. The number of imidazole rings is 2. The maximum atomic E-state index is 5.81. The number of hydrogen-bond acceptors (Lipinski definition) is 4. The van der Waals surface area contributed by atoms with Gasteiger partial charge in [-0.15, -0.1) is 0 Å². The van der Waals surface area contributed by atoms with E-state index in [1.807, 2.05) is 40.9 Å². The Morgan fingerprint density at radius 2 is 2.05 bits per heavy atom. The molecule has 0 unspecified atom stereocenters. The molecular weight excluding hydrogens is 254 g/mol. The van der Waals surface area contributed by atoms with Crippen LogP contribution in [0.1, 0.15) is 5.56 Å². The van der Waals surface area contributed by atoms with Gasteiger partial charge >= 0.3 is 0 Å². The van der Waals surface area contributed by atoms with Crippen molar-refractivity contribution in [3.63, 3.8) is 0 Å². The molecule has 0 aliphatic heterocycles. The van der Waals surface area contributed by atoms with Crippen molar-refractivity contribution in [2.75, 3.05) is 0 Å². The fourth-order valence-electron chi connectivity index (χ4n) is 2.15. The molecule has 0 saturated carbocycles. The predicted octanol–water partition coefficient (Wildman–Crippen LogP) is 2.18. The minimum Gasteiger partial charge on any atom is -0.471 e. The Balaban J connectivity index is 1.76. The van der Waals surface area contributed by atoms with E-state index in [0.717, 1.165) is 16.7 Å². The van der Waals surface area contributed by atoms with Gasteiger partial charge in [-0.05, 0) is 5.56 Å². The van der Waals surface area contributed by atoms with Gasteiger partial charge in [0.25, 0.3) is 0 Å². The first kappa shape index (κ1) is 11.0. The van der Waals surface area contributed by atoms with Crippen LogP contribution in [0.25, 0.3) is 16.9 Å². The van der Waals surface area contributed by atoms with Crippen LogP contribution in [0.3, 0.4) is 0 Å². The van der Waals surface area contributed by atoms with Crippen LogP contribution in [0.2, 0.25) is 0 Å². The summed E-state index contributed by atoms with van der Waals surface area (Å²) < 4.78 is 7.63. The Kier molecular flexibility index (Phi) is 2.38. The normalized spacial score (nSPS) is 11.2. The lowest BCUT2D eigenvalue weighted by atomic mass is 10.2. The van der Waals surface area contributed by atoms with Crippen LogP contribution in [0.15, 0.2) is 49.1 Å². The van der Waals surface area contributed by atoms with Gasteiger partial charge < -0.3 is 9.72 Å². The molecule has 0 aliphatic rings. The van der Waals surface area contributed by atoms with Crippen LogP contribution in [0.4, 0.5) is 0 Å². The summed E-state index contributed by atoms with van der Waals surface area (Å²) in [5.74, 6) is 1.09. The molecule has 6 heteroatoms. The molecule has 6 nitrogen and oxygen atoms in total. The second kappa shape index (κ2) is 4.34. The van der Waals surface area contributed by atoms with E-state index < -0.39 is 0 Å². The van der Waals surface area contributed by atoms with E-state index in [0.29, 0.717) is 18.3 Å². The molecule has 3 aromatic heterocycles. The molecule has 0 aliphatic carbocycles. The van der Waals surface area contributed by atoms with Crippen molar-refractivity contribution in [1.29, 1.82) is 0 Å². The molecular formula is C14H11N5O. The molecule has 0 fully saturated rings. The summed E-state index contributed by atoms with van der Waals surface area (Å²) in [5, 5.41) is 0. The van der Waals surface area contributed by atoms with Crippen molar-refractivity contribution in [3.05, 3.63) is 54.6 Å². The Morgan fingerprint density at radius 1 is 1.15 bits per heavy atom. The smallest absolute Gasteiger partial charge is 0.245 e. The maximum Gasteiger partial charge on any atom is 0.245 e. The van der Waals surface area contributed by atoms with Crippen LogP contribution < -0.4 is 4.74 Å². The second-order valence-corrected chi connectivity index (χ2v) is 4.39. The molecule has 0 atom stereocenters. The lowest BCUT2D eigenvalue weighted by Gasteiger charge is -2.06. The Labute approximate surface area is 114 Å². The number of aromatic nitrogens is 5. The molecule has 3 heterocycles. The van der Waals surface area contributed by atoms with Crippen LogP contribution >= 0.6 is 0 Å². The fraction of sp³-hybridized carbons (Fsp3) is 0.0714. The molecule has 0 saturated heterocycles. The summed E-state index contributed by atoms with van der Waals surface area (Å²) in [6.07, 6.45) is 5.14. The first-order chi connectivity index (χ1) is 9.92. The van der Waals surface area contributed by atoms with Crippen molar-refractivity contribution in [1.82, 2.24) is 24.3 Å². The van der Waals surface area contributed by atoms with Crippen LogP contribution in [-0.2, 0) is 6.61 Å². The number of hydrogen-bond donors (Lipinski definition) is 1. The topological polar surface area (TPSA) is 68.1 Å². The number of aromatic amines is 1. The summed E-state index contributed by atoms with van der Waals surface area (Å²) in [4.78, 5) is 15.9. The minimum absolute atomic E-state index is 0.457. The van der Waals surface area contributed by atoms with E-state index in [1.54, 1.807) is 12.5 Å². The zero-order valence-corrected chi connectivity index (χ0v) is 10.5. The van der Waals surface area contributed by atoms with E-state index >= 15 is 0 Å². The number of fused-ring (bicyclic) bond motifs is 3. The number of ether oxygens (including phenoxy) is 1. The molecule has 0 radical (unpaired) electrons. The SMILES string of the molecule is c1ccc(COc2nc3nccn3c3nc[nH]c23)cc1. The van der Waals surface area contributed by atoms with Crippen molar-refractivity contribution < 1.29 is 4.74 Å². The Morgan fingerprint density at radius 3 is 2.95 bits per heavy atom. The van der Waals surface area contributed by atoms with Gasteiger partial charge in [0.1, 0.15) is 12.1 Å². The van der Waals surface area contributed by atoms with Crippen LogP contribution in [-0.4, -0.2) is 24.3 Å². The highest BCUT2D eigenvalue weighted by atomic mass is 16.5. The highest BCUT2D eigenvalue weighted by Crippen LogP contribution is 2.22. The number of H-pyrrole nitrogens is 1. The van der Waals surface area contributed by atoms with Crippen molar-refractivity contribution in [2.45, 2.75) is 6.61 Å². The number of rotatable bonds is 3. The first-order valence-corrected chi connectivity index (χ1v) is 6.25. The molecule has 1 N–H and O–H groups in total. The van der Waals surface area contributed by atoms with Gasteiger partial charge in [-0.3, -0.25) is 4.40 Å². The average molecular weight is 265 g/mol. The molecule has 1 aromatic carbocycles. The molecule has 4 aromatic rings. The summed E-state index contributed by atoms with van der Waals surface area (Å²) >= 11 is 0. The largest absolute Gasteiger partial charge is 0.471 e. The molecule has 4 rings (SSSR count). The first-order valence-electron chi connectivity index (χ1n) is 6.25. The monoisotopic (exact) mass is 265 g/mol. The highest BCUT2D eigenvalue weighted by molar-refractivity contribution is 5.78. The zero-order valence-electron chi connectivity index (χ0n) is 10.5. The third-order valence-corrected chi connectivity index (χ3v) is 3.10. The van der Waals surface area contributed by atoms with Gasteiger partial charge in [-0.25, -0.2) is 9.97 Å². The Hall–Kier alpha value is -2.89. The van der Waals surface area contributed by atoms with Crippen LogP contribution in [0, 0.1) is 0 Å². The third kappa shape index (κ3) is 1.70. The molecule has 0 bridgehead atoms. The molecule has 20 heavy (non-hydrogen) atoms. The number of benzene rings is 1. The highest BCUT2D eigenvalue weighted by Gasteiger charge is 2.12.